The topological polar surface area (TPSA) is 62.0 Å². The van der Waals surface area contributed by atoms with Gasteiger partial charge in [0.15, 0.2) is 16.6 Å². The van der Waals surface area contributed by atoms with Gasteiger partial charge in [0.2, 0.25) is 0 Å². The molecule has 0 saturated carbocycles. The van der Waals surface area contributed by atoms with Gasteiger partial charge in [0.1, 0.15) is 12.2 Å². The van der Waals surface area contributed by atoms with E-state index in [0.717, 1.165) is 51.4 Å². The molecule has 0 aliphatic carbocycles. The molecule has 0 bridgehead atoms. The van der Waals surface area contributed by atoms with E-state index in [1.807, 2.05) is 0 Å². The van der Waals surface area contributed by atoms with Crippen molar-refractivity contribution in [2.75, 3.05) is 39.6 Å². The molecular formula is C28H44O6Si3. The van der Waals surface area contributed by atoms with Crippen LogP contribution in [0.5, 0.6) is 0 Å². The van der Waals surface area contributed by atoms with Gasteiger partial charge in [-0.05, 0) is 61.5 Å². The van der Waals surface area contributed by atoms with Gasteiger partial charge in [-0.15, -0.1) is 0 Å². The van der Waals surface area contributed by atoms with Crippen LogP contribution in [0.4, 0.5) is 0 Å². The first-order valence-corrected chi connectivity index (χ1v) is 21.7. The molecule has 0 radical (unpaired) electrons. The van der Waals surface area contributed by atoms with E-state index < -0.39 is 25.2 Å². The summed E-state index contributed by atoms with van der Waals surface area (Å²) in [5.41, 5.74) is 0. The monoisotopic (exact) mass is 560 g/mol. The number of rotatable bonds is 18. The van der Waals surface area contributed by atoms with Crippen LogP contribution in [-0.4, -0.2) is 77.0 Å². The lowest BCUT2D eigenvalue weighted by molar-refractivity contribution is 0.116. The van der Waals surface area contributed by atoms with Gasteiger partial charge in [-0.2, -0.15) is 0 Å². The molecule has 0 aromatic heterocycles. The van der Waals surface area contributed by atoms with Gasteiger partial charge >= 0.3 is 8.56 Å². The summed E-state index contributed by atoms with van der Waals surface area (Å²) in [5.74, 6) is 0. The Kier molecular flexibility index (Phi) is 10.3. The van der Waals surface area contributed by atoms with Gasteiger partial charge in [0.25, 0.3) is 0 Å². The molecular weight excluding hydrogens is 517 g/mol. The van der Waals surface area contributed by atoms with Crippen LogP contribution in [-0.2, 0) is 27.2 Å². The predicted molar refractivity (Wildman–Crippen MR) is 155 cm³/mol. The van der Waals surface area contributed by atoms with E-state index in [2.05, 4.69) is 86.9 Å². The third kappa shape index (κ3) is 9.52. The predicted octanol–water partition coefficient (Wildman–Crippen LogP) is 4.30. The van der Waals surface area contributed by atoms with Crippen LogP contribution in [0.2, 0.25) is 38.3 Å². The Hall–Kier alpha value is -1.15. The van der Waals surface area contributed by atoms with Crippen molar-refractivity contribution in [2.45, 2.75) is 63.3 Å². The SMILES string of the molecule is C[Si](C)(CCCOCC1CO1)O[Si](O[Si](C)(C)CCCOCC1CO1)(c1ccccc1)c1ccccc1. The fourth-order valence-corrected chi connectivity index (χ4v) is 17.6. The first kappa shape index (κ1) is 28.8. The van der Waals surface area contributed by atoms with Gasteiger partial charge in [0.05, 0.1) is 26.4 Å². The molecule has 0 N–H and O–H groups in total. The normalized spacial score (nSPS) is 19.7. The van der Waals surface area contributed by atoms with Crippen LogP contribution in [0.1, 0.15) is 12.8 Å². The molecule has 2 aromatic carbocycles. The summed E-state index contributed by atoms with van der Waals surface area (Å²) in [6.45, 7) is 13.9. The fraction of sp³-hybridized carbons (Fsp3) is 0.571. The van der Waals surface area contributed by atoms with Gasteiger partial charge in [-0.3, -0.25) is 0 Å². The first-order chi connectivity index (χ1) is 17.8. The maximum atomic E-state index is 7.40. The summed E-state index contributed by atoms with van der Waals surface area (Å²) in [4.78, 5) is 0. The van der Waals surface area contributed by atoms with E-state index in [1.165, 1.54) is 10.4 Å². The van der Waals surface area contributed by atoms with Crippen molar-refractivity contribution >= 4 is 35.6 Å². The summed E-state index contributed by atoms with van der Waals surface area (Å²) in [7, 11) is -7.18. The number of epoxide rings is 2. The minimum atomic E-state index is -2.97. The molecule has 2 saturated heterocycles. The molecule has 6 nitrogen and oxygen atoms in total. The van der Waals surface area contributed by atoms with Crippen molar-refractivity contribution in [3.63, 3.8) is 0 Å². The third-order valence-electron chi connectivity index (χ3n) is 6.69. The van der Waals surface area contributed by atoms with Crippen molar-refractivity contribution in [2.24, 2.45) is 0 Å². The molecule has 2 unspecified atom stereocenters. The Balaban J connectivity index is 1.50. The average Bonchev–Trinajstić information content (AvgIpc) is 3.80. The van der Waals surface area contributed by atoms with Crippen LogP contribution in [0.25, 0.3) is 0 Å². The Morgan fingerprint density at radius 3 is 1.38 bits per heavy atom. The van der Waals surface area contributed by atoms with E-state index in [1.54, 1.807) is 0 Å². The molecule has 2 aromatic rings. The molecule has 2 aliphatic rings. The van der Waals surface area contributed by atoms with Crippen molar-refractivity contribution in [1.82, 2.24) is 0 Å². The largest absolute Gasteiger partial charge is 0.430 e. The second-order valence-electron chi connectivity index (χ2n) is 11.3. The van der Waals surface area contributed by atoms with Crippen LogP contribution in [0.15, 0.2) is 60.7 Å². The summed E-state index contributed by atoms with van der Waals surface area (Å²) < 4.78 is 37.0. The minimum Gasteiger partial charge on any atom is -0.430 e. The van der Waals surface area contributed by atoms with Gasteiger partial charge in [-0.1, -0.05) is 60.7 Å². The molecule has 0 spiro atoms. The van der Waals surface area contributed by atoms with Crippen LogP contribution in [0, 0.1) is 0 Å². The quantitative estimate of drug-likeness (QED) is 0.154. The van der Waals surface area contributed by atoms with Gasteiger partial charge in [-0.25, -0.2) is 0 Å². The third-order valence-corrected chi connectivity index (χ3v) is 18.7. The van der Waals surface area contributed by atoms with Gasteiger partial charge in [0, 0.05) is 13.2 Å². The lowest BCUT2D eigenvalue weighted by Gasteiger charge is -2.43. The van der Waals surface area contributed by atoms with Gasteiger partial charge < -0.3 is 27.2 Å². The fourth-order valence-electron chi connectivity index (χ4n) is 4.58. The van der Waals surface area contributed by atoms with E-state index in [9.17, 15) is 0 Å². The van der Waals surface area contributed by atoms with E-state index in [4.69, 9.17) is 27.2 Å². The van der Waals surface area contributed by atoms with Crippen molar-refractivity contribution in [3.8, 4) is 0 Å². The second kappa shape index (κ2) is 13.3. The summed E-state index contributed by atoms with van der Waals surface area (Å²) in [6.07, 6.45) is 2.60. The molecule has 204 valence electrons. The van der Waals surface area contributed by atoms with Crippen LogP contribution >= 0.6 is 0 Å². The van der Waals surface area contributed by atoms with Crippen LogP contribution in [0.3, 0.4) is 0 Å². The molecule has 2 heterocycles. The van der Waals surface area contributed by atoms with Crippen molar-refractivity contribution in [1.29, 1.82) is 0 Å². The highest BCUT2D eigenvalue weighted by Crippen LogP contribution is 2.27. The number of hydrogen-bond acceptors (Lipinski definition) is 6. The zero-order valence-corrected chi connectivity index (χ0v) is 25.9. The smallest absolute Gasteiger partial charge is 0.386 e. The molecule has 2 aliphatic heterocycles. The number of ether oxygens (including phenoxy) is 4. The van der Waals surface area contributed by atoms with Crippen LogP contribution < -0.4 is 10.4 Å². The Bertz CT molecular complexity index is 858. The molecule has 2 fully saturated rings. The molecule has 0 amide bonds. The highest BCUT2D eigenvalue weighted by atomic mass is 28.5. The maximum absolute atomic E-state index is 7.40. The Morgan fingerprint density at radius 2 is 1.03 bits per heavy atom. The summed E-state index contributed by atoms with van der Waals surface area (Å²) in [6, 6.07) is 23.4. The summed E-state index contributed by atoms with van der Waals surface area (Å²) in [5, 5.41) is 2.37. The highest BCUT2D eigenvalue weighted by Gasteiger charge is 2.50. The average molecular weight is 561 g/mol. The molecule has 37 heavy (non-hydrogen) atoms. The standard InChI is InChI=1S/C28H44O6Si3/c1-35(2,19-11-17-29-21-25-23-31-25)33-37(27-13-7-5-8-14-27,28-15-9-6-10-16-28)34-36(3,4)20-12-18-30-22-26-24-32-26/h5-10,13-16,25-26H,11-12,17-24H2,1-4H3. The second-order valence-corrected chi connectivity index (χ2v) is 23.4. The van der Waals surface area contributed by atoms with E-state index in [-0.39, 0.29) is 0 Å². The maximum Gasteiger partial charge on any atom is 0.386 e. The Morgan fingerprint density at radius 1 is 0.649 bits per heavy atom. The first-order valence-electron chi connectivity index (χ1n) is 13.7. The molecule has 9 heteroatoms. The lowest BCUT2D eigenvalue weighted by atomic mass is 10.4. The molecule has 4 rings (SSSR count). The summed E-state index contributed by atoms with van der Waals surface area (Å²) >= 11 is 0. The zero-order valence-electron chi connectivity index (χ0n) is 22.9. The minimum absolute atomic E-state index is 0.311. The zero-order chi connectivity index (χ0) is 26.2. The highest BCUT2D eigenvalue weighted by molar-refractivity contribution is 7.02. The van der Waals surface area contributed by atoms with Crippen molar-refractivity contribution < 1.29 is 27.2 Å². The van der Waals surface area contributed by atoms with E-state index >= 15 is 0 Å². The lowest BCUT2D eigenvalue weighted by Crippen LogP contribution is -2.70. The van der Waals surface area contributed by atoms with E-state index in [0.29, 0.717) is 25.4 Å². The number of hydrogen-bond donors (Lipinski definition) is 0. The Labute approximate surface area is 226 Å². The molecule has 2 atom stereocenters. The van der Waals surface area contributed by atoms with Crippen molar-refractivity contribution in [3.05, 3.63) is 60.7 Å². The number of benzene rings is 2.